The number of ether oxygens (including phenoxy) is 1. The van der Waals surface area contributed by atoms with Gasteiger partial charge in [-0.05, 0) is 32.0 Å². The summed E-state index contributed by atoms with van der Waals surface area (Å²) in [6, 6.07) is 6.54. The average Bonchev–Trinajstić information content (AvgIpc) is 2.29. The summed E-state index contributed by atoms with van der Waals surface area (Å²) in [6.07, 6.45) is 5.05. The first-order valence-corrected chi connectivity index (χ1v) is 5.43. The molecule has 1 heterocycles. The molecule has 15 heavy (non-hydrogen) atoms. The molecule has 84 valence electrons. The number of nitrogens with zero attached hydrogens (tertiary/aromatic N) is 1. The third kappa shape index (κ3) is 4.91. The molecule has 1 atom stereocenters. The lowest BCUT2D eigenvalue weighted by molar-refractivity contribution is 0.189. The highest BCUT2D eigenvalue weighted by atomic mass is 16.5. The highest BCUT2D eigenvalue weighted by Gasteiger charge is 2.07. The Bertz CT molecular complexity index is 251. The minimum absolute atomic E-state index is 0.495. The van der Waals surface area contributed by atoms with Gasteiger partial charge in [-0.3, -0.25) is 4.98 Å². The summed E-state index contributed by atoms with van der Waals surface area (Å²) in [5, 5.41) is 3.31. The molecule has 0 amide bonds. The van der Waals surface area contributed by atoms with Crippen molar-refractivity contribution in [2.75, 3.05) is 20.8 Å². The van der Waals surface area contributed by atoms with Crippen LogP contribution in [0.5, 0.6) is 0 Å². The van der Waals surface area contributed by atoms with Gasteiger partial charge in [-0.2, -0.15) is 0 Å². The molecule has 0 aliphatic carbocycles. The molecule has 0 saturated carbocycles. The van der Waals surface area contributed by atoms with Crippen molar-refractivity contribution in [2.45, 2.75) is 25.3 Å². The van der Waals surface area contributed by atoms with Gasteiger partial charge in [-0.1, -0.05) is 6.07 Å². The van der Waals surface area contributed by atoms with Gasteiger partial charge in [0.25, 0.3) is 0 Å². The molecule has 1 rings (SSSR count). The second-order valence-corrected chi connectivity index (χ2v) is 3.65. The molecular weight excluding hydrogens is 188 g/mol. The molecule has 0 aliphatic rings. The van der Waals surface area contributed by atoms with Crippen LogP contribution in [0.15, 0.2) is 24.4 Å². The van der Waals surface area contributed by atoms with E-state index in [-0.39, 0.29) is 0 Å². The lowest BCUT2D eigenvalue weighted by Crippen LogP contribution is -2.28. The first-order valence-electron chi connectivity index (χ1n) is 5.43. The van der Waals surface area contributed by atoms with Crippen molar-refractivity contribution in [2.24, 2.45) is 0 Å². The van der Waals surface area contributed by atoms with Gasteiger partial charge in [0, 0.05) is 38.1 Å². The van der Waals surface area contributed by atoms with Crippen molar-refractivity contribution < 1.29 is 4.74 Å². The fourth-order valence-electron chi connectivity index (χ4n) is 1.59. The monoisotopic (exact) mass is 208 g/mol. The van der Waals surface area contributed by atoms with Crippen LogP contribution in [0.25, 0.3) is 0 Å². The van der Waals surface area contributed by atoms with Crippen LogP contribution in [-0.2, 0) is 11.2 Å². The van der Waals surface area contributed by atoms with E-state index in [1.165, 1.54) is 0 Å². The highest BCUT2D eigenvalue weighted by Crippen LogP contribution is 2.04. The van der Waals surface area contributed by atoms with Crippen LogP contribution < -0.4 is 5.32 Å². The summed E-state index contributed by atoms with van der Waals surface area (Å²) in [5.41, 5.74) is 1.15. The molecule has 3 heteroatoms. The molecule has 0 saturated heterocycles. The molecular formula is C12H20N2O. The lowest BCUT2D eigenvalue weighted by atomic mass is 10.1. The standard InChI is InChI=1S/C12H20N2O/c1-13-11(7-5-9-15-2)10-12-6-3-4-8-14-12/h3-4,6,8,11,13H,5,7,9-10H2,1-2H3. The Morgan fingerprint density at radius 3 is 2.93 bits per heavy atom. The number of nitrogens with one attached hydrogen (secondary N) is 1. The third-order valence-corrected chi connectivity index (χ3v) is 2.49. The van der Waals surface area contributed by atoms with Gasteiger partial charge in [-0.25, -0.2) is 0 Å². The Morgan fingerprint density at radius 1 is 1.47 bits per heavy atom. The number of methoxy groups -OCH3 is 1. The molecule has 1 aromatic heterocycles. The van der Waals surface area contributed by atoms with Crippen molar-refractivity contribution >= 4 is 0 Å². The summed E-state index contributed by atoms with van der Waals surface area (Å²) >= 11 is 0. The minimum atomic E-state index is 0.495. The molecule has 0 aromatic carbocycles. The molecule has 1 aromatic rings. The molecule has 0 aliphatic heterocycles. The van der Waals surface area contributed by atoms with E-state index in [2.05, 4.69) is 16.4 Å². The molecule has 0 bridgehead atoms. The van der Waals surface area contributed by atoms with E-state index in [0.717, 1.165) is 31.6 Å². The Hall–Kier alpha value is -0.930. The van der Waals surface area contributed by atoms with E-state index in [1.54, 1.807) is 7.11 Å². The first-order chi connectivity index (χ1) is 7.36. The zero-order chi connectivity index (χ0) is 10.9. The maximum atomic E-state index is 5.04. The minimum Gasteiger partial charge on any atom is -0.385 e. The van der Waals surface area contributed by atoms with E-state index < -0.39 is 0 Å². The third-order valence-electron chi connectivity index (χ3n) is 2.49. The van der Waals surface area contributed by atoms with Crippen LogP contribution in [0, 0.1) is 0 Å². The Balaban J connectivity index is 2.33. The van der Waals surface area contributed by atoms with E-state index in [4.69, 9.17) is 4.74 Å². The fraction of sp³-hybridized carbons (Fsp3) is 0.583. The topological polar surface area (TPSA) is 34.1 Å². The highest BCUT2D eigenvalue weighted by molar-refractivity contribution is 5.05. The fourth-order valence-corrected chi connectivity index (χ4v) is 1.59. The van der Waals surface area contributed by atoms with E-state index in [0.29, 0.717) is 6.04 Å². The van der Waals surface area contributed by atoms with E-state index in [9.17, 15) is 0 Å². The van der Waals surface area contributed by atoms with Gasteiger partial charge in [0.2, 0.25) is 0 Å². The quantitative estimate of drug-likeness (QED) is 0.692. The van der Waals surface area contributed by atoms with Gasteiger partial charge in [0.1, 0.15) is 0 Å². The number of pyridine rings is 1. The van der Waals surface area contributed by atoms with Crippen molar-refractivity contribution in [1.29, 1.82) is 0 Å². The Kier molecular flexibility index (Phi) is 5.97. The van der Waals surface area contributed by atoms with E-state index in [1.807, 2.05) is 25.4 Å². The number of hydrogen-bond acceptors (Lipinski definition) is 3. The van der Waals surface area contributed by atoms with Crippen molar-refractivity contribution in [1.82, 2.24) is 10.3 Å². The molecule has 0 fully saturated rings. The second kappa shape index (κ2) is 7.37. The number of hydrogen-bond donors (Lipinski definition) is 1. The maximum Gasteiger partial charge on any atom is 0.0462 e. The molecule has 1 N–H and O–H groups in total. The Labute approximate surface area is 91.9 Å². The van der Waals surface area contributed by atoms with Gasteiger partial charge >= 0.3 is 0 Å². The van der Waals surface area contributed by atoms with Crippen LogP contribution in [-0.4, -0.2) is 31.8 Å². The van der Waals surface area contributed by atoms with Crippen LogP contribution in [0.2, 0.25) is 0 Å². The summed E-state index contributed by atoms with van der Waals surface area (Å²) in [5.74, 6) is 0. The molecule has 3 nitrogen and oxygen atoms in total. The number of rotatable bonds is 7. The predicted octanol–water partition coefficient (Wildman–Crippen LogP) is 1.64. The molecule has 0 radical (unpaired) electrons. The molecule has 1 unspecified atom stereocenters. The Morgan fingerprint density at radius 2 is 2.33 bits per heavy atom. The zero-order valence-corrected chi connectivity index (χ0v) is 9.57. The van der Waals surface area contributed by atoms with Gasteiger partial charge in [0.15, 0.2) is 0 Å². The zero-order valence-electron chi connectivity index (χ0n) is 9.57. The van der Waals surface area contributed by atoms with Crippen molar-refractivity contribution in [3.8, 4) is 0 Å². The van der Waals surface area contributed by atoms with Crippen LogP contribution in [0.4, 0.5) is 0 Å². The van der Waals surface area contributed by atoms with E-state index >= 15 is 0 Å². The smallest absolute Gasteiger partial charge is 0.0462 e. The van der Waals surface area contributed by atoms with Crippen LogP contribution >= 0.6 is 0 Å². The van der Waals surface area contributed by atoms with Gasteiger partial charge < -0.3 is 10.1 Å². The van der Waals surface area contributed by atoms with Crippen molar-refractivity contribution in [3.63, 3.8) is 0 Å². The summed E-state index contributed by atoms with van der Waals surface area (Å²) in [7, 11) is 3.74. The predicted molar refractivity (Wildman–Crippen MR) is 61.9 cm³/mol. The maximum absolute atomic E-state index is 5.04. The first kappa shape index (κ1) is 12.1. The van der Waals surface area contributed by atoms with Gasteiger partial charge in [-0.15, -0.1) is 0 Å². The van der Waals surface area contributed by atoms with Crippen LogP contribution in [0.3, 0.4) is 0 Å². The number of likely N-dealkylation sites (N-methyl/N-ethyl adjacent to an activating group) is 1. The van der Waals surface area contributed by atoms with Crippen LogP contribution in [0.1, 0.15) is 18.5 Å². The largest absolute Gasteiger partial charge is 0.385 e. The van der Waals surface area contributed by atoms with Gasteiger partial charge in [0.05, 0.1) is 0 Å². The van der Waals surface area contributed by atoms with Crippen molar-refractivity contribution in [3.05, 3.63) is 30.1 Å². The summed E-state index contributed by atoms with van der Waals surface area (Å²) in [4.78, 5) is 4.32. The summed E-state index contributed by atoms with van der Waals surface area (Å²) < 4.78 is 5.04. The SMILES string of the molecule is CNC(CCCOC)Cc1ccccn1. The second-order valence-electron chi connectivity index (χ2n) is 3.65. The summed E-state index contributed by atoms with van der Waals surface area (Å²) in [6.45, 7) is 0.834. The molecule has 0 spiro atoms. The average molecular weight is 208 g/mol. The normalized spacial score (nSPS) is 12.7. The lowest BCUT2D eigenvalue weighted by Gasteiger charge is -2.15. The number of aromatic nitrogens is 1.